The van der Waals surface area contributed by atoms with Crippen molar-refractivity contribution < 1.29 is 14.3 Å². The molecule has 2 heterocycles. The smallest absolute Gasteiger partial charge is 0.283 e. The molecule has 0 fully saturated rings. The van der Waals surface area contributed by atoms with Gasteiger partial charge in [-0.2, -0.15) is 4.99 Å². The number of hydrogen-bond acceptors (Lipinski definition) is 4. The van der Waals surface area contributed by atoms with Gasteiger partial charge >= 0.3 is 0 Å². The van der Waals surface area contributed by atoms with Crippen molar-refractivity contribution in [2.75, 3.05) is 13.7 Å². The summed E-state index contributed by atoms with van der Waals surface area (Å²) in [6, 6.07) is 4.98. The zero-order chi connectivity index (χ0) is 19.6. The van der Waals surface area contributed by atoms with Crippen molar-refractivity contribution in [3.05, 3.63) is 44.2 Å². The summed E-state index contributed by atoms with van der Waals surface area (Å²) in [5.41, 5.74) is 1.42. The molecule has 1 aliphatic heterocycles. The van der Waals surface area contributed by atoms with Gasteiger partial charge in [-0.05, 0) is 24.6 Å². The molecule has 0 unspecified atom stereocenters. The maximum atomic E-state index is 12.9. The Hall–Kier alpha value is -1.63. The number of aromatic nitrogens is 1. The Bertz CT molecular complexity index is 914. The fourth-order valence-electron chi connectivity index (χ4n) is 3.21. The Morgan fingerprint density at radius 3 is 2.93 bits per heavy atom. The van der Waals surface area contributed by atoms with E-state index in [4.69, 9.17) is 21.1 Å². The summed E-state index contributed by atoms with van der Waals surface area (Å²) in [6.45, 7) is 8.53. The molecule has 5 nitrogen and oxygen atoms in total. The van der Waals surface area contributed by atoms with Gasteiger partial charge in [-0.25, -0.2) is 0 Å². The minimum atomic E-state index is -0.350. The fraction of sp³-hybridized carbons (Fsp3) is 0.500. The van der Waals surface area contributed by atoms with Crippen molar-refractivity contribution in [2.45, 2.75) is 52.2 Å². The summed E-state index contributed by atoms with van der Waals surface area (Å²) in [5, 5.41) is 0.480. The summed E-state index contributed by atoms with van der Waals surface area (Å²) >= 11 is 7.65. The van der Waals surface area contributed by atoms with Crippen LogP contribution in [0.5, 0.6) is 5.75 Å². The Morgan fingerprint density at radius 2 is 2.22 bits per heavy atom. The third-order valence-corrected chi connectivity index (χ3v) is 6.37. The maximum absolute atomic E-state index is 12.9. The predicted molar refractivity (Wildman–Crippen MR) is 108 cm³/mol. The van der Waals surface area contributed by atoms with Gasteiger partial charge in [0.15, 0.2) is 4.80 Å². The molecule has 1 amide bonds. The number of methoxy groups -OCH3 is 1. The second kappa shape index (κ2) is 8.17. The van der Waals surface area contributed by atoms with Gasteiger partial charge in [0, 0.05) is 21.9 Å². The first-order chi connectivity index (χ1) is 12.9. The maximum Gasteiger partial charge on any atom is 0.283 e. The quantitative estimate of drug-likeness (QED) is 0.728. The monoisotopic (exact) mass is 408 g/mol. The molecular weight excluding hydrogens is 384 g/mol. The first-order valence-corrected chi connectivity index (χ1v) is 10.3. The number of unbranched alkanes of at least 4 members (excludes halogenated alkanes) is 1. The molecule has 1 aromatic carbocycles. The van der Waals surface area contributed by atoms with Gasteiger partial charge in [0.2, 0.25) is 0 Å². The molecule has 146 valence electrons. The van der Waals surface area contributed by atoms with Crippen LogP contribution in [-0.2, 0) is 23.3 Å². The van der Waals surface area contributed by atoms with E-state index in [0.29, 0.717) is 34.4 Å². The van der Waals surface area contributed by atoms with Gasteiger partial charge in [-0.3, -0.25) is 4.79 Å². The van der Waals surface area contributed by atoms with Crippen molar-refractivity contribution in [1.82, 2.24) is 4.57 Å². The van der Waals surface area contributed by atoms with Crippen molar-refractivity contribution in [3.63, 3.8) is 0 Å². The summed E-state index contributed by atoms with van der Waals surface area (Å²) < 4.78 is 13.3. The highest BCUT2D eigenvalue weighted by atomic mass is 35.5. The highest BCUT2D eigenvalue weighted by Gasteiger charge is 2.32. The number of amides is 1. The predicted octanol–water partition coefficient (Wildman–Crippen LogP) is 4.56. The highest BCUT2D eigenvalue weighted by Crippen LogP contribution is 2.34. The molecule has 27 heavy (non-hydrogen) atoms. The highest BCUT2D eigenvalue weighted by molar-refractivity contribution is 7.09. The fourth-order valence-corrected chi connectivity index (χ4v) is 4.63. The van der Waals surface area contributed by atoms with Crippen molar-refractivity contribution in [1.29, 1.82) is 0 Å². The molecule has 0 radical (unpaired) electrons. The second-order valence-corrected chi connectivity index (χ2v) is 8.72. The average Bonchev–Trinajstić information content (AvgIpc) is 2.98. The van der Waals surface area contributed by atoms with Crippen LogP contribution in [0, 0.1) is 0 Å². The molecule has 0 spiro atoms. The molecule has 2 aromatic rings. The number of halogens is 1. The van der Waals surface area contributed by atoms with Crippen LogP contribution in [0.25, 0.3) is 0 Å². The molecule has 3 rings (SSSR count). The summed E-state index contributed by atoms with van der Waals surface area (Å²) in [5.74, 6) is 0.121. The molecule has 0 bridgehead atoms. The van der Waals surface area contributed by atoms with E-state index < -0.39 is 0 Å². The normalized spacial score (nSPS) is 16.3. The summed E-state index contributed by atoms with van der Waals surface area (Å²) in [7, 11) is 1.53. The van der Waals surface area contributed by atoms with Gasteiger partial charge in [0.1, 0.15) is 5.75 Å². The van der Waals surface area contributed by atoms with E-state index in [0.717, 1.165) is 25.1 Å². The van der Waals surface area contributed by atoms with Crippen LogP contribution in [0.1, 0.15) is 54.5 Å². The number of fused-ring (bicyclic) bond motifs is 1. The number of benzene rings is 1. The Morgan fingerprint density at radius 1 is 1.44 bits per heavy atom. The molecule has 0 N–H and O–H groups in total. The lowest BCUT2D eigenvalue weighted by atomic mass is 9.90. The number of hydrogen-bond donors (Lipinski definition) is 0. The van der Waals surface area contributed by atoms with Crippen LogP contribution < -0.4 is 9.54 Å². The molecule has 0 atom stereocenters. The number of thiazole rings is 1. The third-order valence-electron chi connectivity index (χ3n) is 4.65. The lowest BCUT2D eigenvalue weighted by Crippen LogP contribution is -2.30. The van der Waals surface area contributed by atoms with E-state index in [2.05, 4.69) is 30.3 Å². The third kappa shape index (κ3) is 4.13. The molecule has 0 saturated heterocycles. The number of carbonyl (C=O) groups excluding carboxylic acids is 1. The van der Waals surface area contributed by atoms with E-state index in [1.807, 2.05) is 0 Å². The molecule has 1 aromatic heterocycles. The minimum absolute atomic E-state index is 0.0865. The zero-order valence-corrected chi connectivity index (χ0v) is 17.7. The van der Waals surface area contributed by atoms with Crippen molar-refractivity contribution >= 4 is 28.8 Å². The SMILES string of the molecule is CCCCn1c2c(s/c1=N\C(=O)c1cc(Cl)ccc1OC)C(C)(C)COC2. The van der Waals surface area contributed by atoms with Crippen LogP contribution in [0.2, 0.25) is 5.02 Å². The number of ether oxygens (including phenoxy) is 2. The zero-order valence-electron chi connectivity index (χ0n) is 16.2. The standard InChI is InChI=1S/C20H25ClN2O3S/c1-5-6-9-23-15-11-26-12-20(2,3)17(15)27-19(23)22-18(24)14-10-13(21)7-8-16(14)25-4/h7-8,10H,5-6,9,11-12H2,1-4H3/b22-19-. The Kier molecular flexibility index (Phi) is 6.08. The van der Waals surface area contributed by atoms with E-state index in [1.54, 1.807) is 29.5 Å². The number of carbonyl (C=O) groups is 1. The van der Waals surface area contributed by atoms with Gasteiger partial charge in [-0.1, -0.05) is 38.8 Å². The van der Waals surface area contributed by atoms with Gasteiger partial charge < -0.3 is 14.0 Å². The molecule has 7 heteroatoms. The topological polar surface area (TPSA) is 52.8 Å². The summed E-state index contributed by atoms with van der Waals surface area (Å²) in [4.78, 5) is 19.3. The van der Waals surface area contributed by atoms with E-state index >= 15 is 0 Å². The van der Waals surface area contributed by atoms with E-state index in [9.17, 15) is 4.79 Å². The molecule has 0 saturated carbocycles. The molecule has 1 aliphatic rings. The van der Waals surface area contributed by atoms with Crippen LogP contribution >= 0.6 is 22.9 Å². The average molecular weight is 409 g/mol. The largest absolute Gasteiger partial charge is 0.496 e. The molecular formula is C20H25ClN2O3S. The Labute approximate surface area is 168 Å². The summed E-state index contributed by atoms with van der Waals surface area (Å²) in [6.07, 6.45) is 2.09. The van der Waals surface area contributed by atoms with Crippen LogP contribution in [0.4, 0.5) is 0 Å². The number of nitrogens with zero attached hydrogens (tertiary/aromatic N) is 2. The Balaban J connectivity index is 2.11. The minimum Gasteiger partial charge on any atom is -0.496 e. The lowest BCUT2D eigenvalue weighted by Gasteiger charge is -2.29. The van der Waals surface area contributed by atoms with E-state index in [-0.39, 0.29) is 11.3 Å². The molecule has 0 aliphatic carbocycles. The van der Waals surface area contributed by atoms with Crippen LogP contribution in [-0.4, -0.2) is 24.2 Å². The lowest BCUT2D eigenvalue weighted by molar-refractivity contribution is 0.0607. The van der Waals surface area contributed by atoms with Gasteiger partial charge in [-0.15, -0.1) is 11.3 Å². The first kappa shape index (κ1) is 20.1. The van der Waals surface area contributed by atoms with Crippen LogP contribution in [0.15, 0.2) is 23.2 Å². The van der Waals surface area contributed by atoms with E-state index in [1.165, 1.54) is 12.0 Å². The van der Waals surface area contributed by atoms with Gasteiger partial charge in [0.05, 0.1) is 31.6 Å². The van der Waals surface area contributed by atoms with Crippen molar-refractivity contribution in [3.8, 4) is 5.75 Å². The number of rotatable bonds is 5. The first-order valence-electron chi connectivity index (χ1n) is 9.10. The van der Waals surface area contributed by atoms with Crippen molar-refractivity contribution in [2.24, 2.45) is 4.99 Å². The van der Waals surface area contributed by atoms with Gasteiger partial charge in [0.25, 0.3) is 5.91 Å². The van der Waals surface area contributed by atoms with Crippen LogP contribution in [0.3, 0.4) is 0 Å². The second-order valence-electron chi connectivity index (χ2n) is 7.30.